The number of carbonyl (C=O) groups is 2. The first-order valence-electron chi connectivity index (χ1n) is 11.0. The van der Waals surface area contributed by atoms with E-state index in [-0.39, 0.29) is 23.3 Å². The summed E-state index contributed by atoms with van der Waals surface area (Å²) in [5, 5.41) is 13.0. The van der Waals surface area contributed by atoms with Crippen molar-refractivity contribution in [2.45, 2.75) is 18.4 Å². The van der Waals surface area contributed by atoms with Crippen molar-refractivity contribution in [1.29, 1.82) is 5.26 Å². The Labute approximate surface area is 203 Å². The van der Waals surface area contributed by atoms with E-state index in [2.05, 4.69) is 5.32 Å². The highest BCUT2D eigenvalue weighted by Crippen LogP contribution is 2.27. The number of hydrogen-bond donors (Lipinski definition) is 1. The van der Waals surface area contributed by atoms with Crippen molar-refractivity contribution in [3.05, 3.63) is 65.2 Å². The van der Waals surface area contributed by atoms with Crippen LogP contribution in [0.3, 0.4) is 0 Å². The summed E-state index contributed by atoms with van der Waals surface area (Å²) in [7, 11) is -4.11. The molecule has 1 fully saturated rings. The lowest BCUT2D eigenvalue weighted by Crippen LogP contribution is -2.42. The number of carbonyl (C=O) groups excluding carboxylic acids is 2. The zero-order valence-electron chi connectivity index (χ0n) is 19.1. The summed E-state index contributed by atoms with van der Waals surface area (Å²) in [5.74, 6) is -0.335. The molecule has 4 rings (SSSR count). The minimum Gasteiger partial charge on any atom is -0.378 e. The Bertz CT molecular complexity index is 1440. The molecule has 1 aliphatic rings. The van der Waals surface area contributed by atoms with E-state index in [0.717, 1.165) is 10.9 Å². The highest BCUT2D eigenvalue weighted by atomic mass is 32.2. The predicted octanol–water partition coefficient (Wildman–Crippen LogP) is 2.80. The summed E-state index contributed by atoms with van der Waals surface area (Å²) in [6.45, 7) is 3.51. The quantitative estimate of drug-likeness (QED) is 0.528. The molecule has 10 heteroatoms. The lowest BCUT2D eigenvalue weighted by molar-refractivity contribution is -0.135. The van der Waals surface area contributed by atoms with Crippen molar-refractivity contribution < 1.29 is 22.7 Å². The molecule has 2 amide bonds. The second kappa shape index (κ2) is 10.1. The molecule has 2 heterocycles. The van der Waals surface area contributed by atoms with Gasteiger partial charge in [-0.05, 0) is 36.4 Å². The third kappa shape index (κ3) is 5.26. The number of aromatic nitrogens is 1. The Hall–Kier alpha value is -3.94. The molecule has 0 bridgehead atoms. The summed E-state index contributed by atoms with van der Waals surface area (Å²) in [6.07, 6.45) is 3.02. The van der Waals surface area contributed by atoms with Gasteiger partial charge in [0.2, 0.25) is 21.7 Å². The zero-order chi connectivity index (χ0) is 25.0. The Morgan fingerprint density at radius 1 is 1.11 bits per heavy atom. The maximum atomic E-state index is 13.2. The smallest absolute Gasteiger partial charge is 0.242 e. The third-order valence-corrected chi connectivity index (χ3v) is 7.34. The largest absolute Gasteiger partial charge is 0.378 e. The minimum absolute atomic E-state index is 0.0584. The zero-order valence-corrected chi connectivity index (χ0v) is 19.9. The number of amides is 2. The first-order chi connectivity index (χ1) is 16.8. The highest BCUT2D eigenvalue weighted by Gasteiger charge is 2.23. The number of fused-ring (bicyclic) bond motifs is 1. The Morgan fingerprint density at radius 2 is 1.80 bits per heavy atom. The molecular weight excluding hydrogens is 468 g/mol. The Balaban J connectivity index is 1.68. The van der Waals surface area contributed by atoms with Crippen LogP contribution in [0.5, 0.6) is 0 Å². The number of benzene rings is 2. The van der Waals surface area contributed by atoms with E-state index in [1.54, 1.807) is 15.7 Å². The van der Waals surface area contributed by atoms with Gasteiger partial charge >= 0.3 is 0 Å². The predicted molar refractivity (Wildman–Crippen MR) is 131 cm³/mol. The number of allylic oxidation sites excluding steroid dienone is 1. The van der Waals surface area contributed by atoms with Crippen LogP contribution in [0.1, 0.15) is 12.5 Å². The summed E-state index contributed by atoms with van der Waals surface area (Å²) in [6, 6.07) is 14.7. The SMILES string of the molecule is CC(=O)Nc1ccc(S(=O)(=O)/C(C#N)=C/c2cn(CC(=O)N3CCOCC3)c3ccccc23)cc1. The maximum Gasteiger partial charge on any atom is 0.242 e. The first kappa shape index (κ1) is 24.2. The fourth-order valence-electron chi connectivity index (χ4n) is 3.94. The average molecular weight is 493 g/mol. The average Bonchev–Trinajstić information content (AvgIpc) is 3.20. The lowest BCUT2D eigenvalue weighted by atomic mass is 10.1. The van der Waals surface area contributed by atoms with Gasteiger partial charge in [-0.15, -0.1) is 0 Å². The number of anilines is 1. The van der Waals surface area contributed by atoms with Crippen LogP contribution in [-0.2, 0) is 30.7 Å². The molecular formula is C25H24N4O5S. The van der Waals surface area contributed by atoms with Gasteiger partial charge in [-0.1, -0.05) is 18.2 Å². The van der Waals surface area contributed by atoms with Gasteiger partial charge in [0.1, 0.15) is 17.5 Å². The van der Waals surface area contributed by atoms with E-state index in [9.17, 15) is 23.3 Å². The second-order valence-electron chi connectivity index (χ2n) is 8.05. The molecule has 0 radical (unpaired) electrons. The number of nitriles is 1. The van der Waals surface area contributed by atoms with Crippen LogP contribution in [0.2, 0.25) is 0 Å². The van der Waals surface area contributed by atoms with E-state index in [0.29, 0.717) is 37.6 Å². The number of nitrogens with one attached hydrogen (secondary N) is 1. The molecule has 1 saturated heterocycles. The number of ether oxygens (including phenoxy) is 1. The van der Waals surface area contributed by atoms with Crippen LogP contribution in [0.25, 0.3) is 17.0 Å². The van der Waals surface area contributed by atoms with Gasteiger partial charge in [-0.2, -0.15) is 5.26 Å². The van der Waals surface area contributed by atoms with Crippen molar-refractivity contribution in [2.24, 2.45) is 0 Å². The molecule has 9 nitrogen and oxygen atoms in total. The van der Waals surface area contributed by atoms with E-state index in [1.807, 2.05) is 30.3 Å². The molecule has 1 aromatic heterocycles. The first-order valence-corrected chi connectivity index (χ1v) is 12.5. The maximum absolute atomic E-state index is 13.2. The normalized spacial score (nSPS) is 14.5. The molecule has 0 spiro atoms. The van der Waals surface area contributed by atoms with E-state index in [1.165, 1.54) is 37.3 Å². The number of para-hydroxylation sites is 1. The molecule has 0 saturated carbocycles. The molecule has 1 N–H and O–H groups in total. The van der Waals surface area contributed by atoms with Gasteiger partial charge in [0.05, 0.1) is 18.1 Å². The van der Waals surface area contributed by atoms with Gasteiger partial charge in [-0.3, -0.25) is 9.59 Å². The molecule has 1 aliphatic heterocycles. The van der Waals surface area contributed by atoms with Crippen molar-refractivity contribution in [3.8, 4) is 6.07 Å². The summed E-state index contributed by atoms with van der Waals surface area (Å²) >= 11 is 0. The van der Waals surface area contributed by atoms with Crippen molar-refractivity contribution in [3.63, 3.8) is 0 Å². The van der Waals surface area contributed by atoms with Gasteiger partial charge in [-0.25, -0.2) is 8.42 Å². The van der Waals surface area contributed by atoms with Crippen molar-refractivity contribution >= 4 is 44.3 Å². The van der Waals surface area contributed by atoms with Gasteiger partial charge in [0, 0.05) is 48.4 Å². The lowest BCUT2D eigenvalue weighted by Gasteiger charge is -2.27. The number of nitrogens with zero attached hydrogens (tertiary/aromatic N) is 3. The summed E-state index contributed by atoms with van der Waals surface area (Å²) in [4.78, 5) is 25.3. The summed E-state index contributed by atoms with van der Waals surface area (Å²) < 4.78 is 33.4. The molecule has 35 heavy (non-hydrogen) atoms. The van der Waals surface area contributed by atoms with E-state index >= 15 is 0 Å². The fraction of sp³-hybridized carbons (Fsp3) is 0.240. The number of sulfone groups is 1. The molecule has 0 unspecified atom stereocenters. The van der Waals surface area contributed by atoms with E-state index < -0.39 is 14.7 Å². The van der Waals surface area contributed by atoms with Crippen molar-refractivity contribution in [2.75, 3.05) is 31.6 Å². The van der Waals surface area contributed by atoms with Crippen LogP contribution in [0.4, 0.5) is 5.69 Å². The minimum atomic E-state index is -4.11. The van der Waals surface area contributed by atoms with Crippen LogP contribution in [-0.4, -0.2) is 56.0 Å². The highest BCUT2D eigenvalue weighted by molar-refractivity contribution is 7.95. The summed E-state index contributed by atoms with van der Waals surface area (Å²) in [5.41, 5.74) is 1.73. The molecule has 0 aliphatic carbocycles. The standard InChI is InChI=1S/C25H24N4O5S/c1-18(30)27-20-6-8-21(9-7-20)35(32,33)22(15-26)14-19-16-29(24-5-3-2-4-23(19)24)17-25(31)28-10-12-34-13-11-28/h2-9,14,16H,10-13,17H2,1H3,(H,27,30)/b22-14+. The molecule has 3 aromatic rings. The van der Waals surface area contributed by atoms with Crippen LogP contribution < -0.4 is 5.32 Å². The third-order valence-electron chi connectivity index (χ3n) is 5.66. The van der Waals surface area contributed by atoms with Crippen LogP contribution >= 0.6 is 0 Å². The number of morpholine rings is 1. The monoisotopic (exact) mass is 492 g/mol. The van der Waals surface area contributed by atoms with Gasteiger partial charge < -0.3 is 19.5 Å². The molecule has 180 valence electrons. The van der Waals surface area contributed by atoms with E-state index in [4.69, 9.17) is 4.74 Å². The molecule has 0 atom stereocenters. The molecule has 2 aromatic carbocycles. The van der Waals surface area contributed by atoms with Crippen LogP contribution in [0.15, 0.2) is 64.5 Å². The topological polar surface area (TPSA) is 122 Å². The van der Waals surface area contributed by atoms with Gasteiger partial charge in [0.25, 0.3) is 0 Å². The fourth-order valence-corrected chi connectivity index (χ4v) is 5.09. The van der Waals surface area contributed by atoms with Crippen molar-refractivity contribution in [1.82, 2.24) is 9.47 Å². The Kier molecular flexibility index (Phi) is 7.00. The number of rotatable bonds is 6. The second-order valence-corrected chi connectivity index (χ2v) is 9.97. The number of hydrogen-bond acceptors (Lipinski definition) is 6. The van der Waals surface area contributed by atoms with Crippen LogP contribution in [0, 0.1) is 11.3 Å². The Morgan fingerprint density at radius 3 is 2.46 bits per heavy atom. The van der Waals surface area contributed by atoms with Gasteiger partial charge in [0.15, 0.2) is 0 Å².